The van der Waals surface area contributed by atoms with Gasteiger partial charge in [0.2, 0.25) is 5.88 Å². The largest absolute Gasteiger partial charge is 0.478 e. The van der Waals surface area contributed by atoms with E-state index >= 15 is 0 Å². The van der Waals surface area contributed by atoms with Crippen molar-refractivity contribution in [3.63, 3.8) is 0 Å². The minimum absolute atomic E-state index is 0.637. The highest BCUT2D eigenvalue weighted by molar-refractivity contribution is 5.37. The molecule has 1 aromatic heterocycles. The highest BCUT2D eigenvalue weighted by Gasteiger charge is 1.96. The van der Waals surface area contributed by atoms with E-state index < -0.39 is 0 Å². The van der Waals surface area contributed by atoms with Crippen LogP contribution in [0.3, 0.4) is 0 Å². The van der Waals surface area contributed by atoms with Crippen LogP contribution in [0.15, 0.2) is 18.2 Å². The minimum atomic E-state index is 0.637. The summed E-state index contributed by atoms with van der Waals surface area (Å²) in [6, 6.07) is 5.69. The predicted molar refractivity (Wildman–Crippen MR) is 62.0 cm³/mol. The number of nitrogens with one attached hydrogen (secondary N) is 1. The number of aromatic nitrogens is 1. The minimum Gasteiger partial charge on any atom is -0.478 e. The van der Waals surface area contributed by atoms with Crippen molar-refractivity contribution in [2.45, 2.75) is 20.3 Å². The molecule has 3 nitrogen and oxygen atoms in total. The lowest BCUT2D eigenvalue weighted by molar-refractivity contribution is 0.327. The van der Waals surface area contributed by atoms with Crippen LogP contribution in [0.2, 0.25) is 0 Å². The molecule has 0 amide bonds. The molecule has 0 spiro atoms. The van der Waals surface area contributed by atoms with Gasteiger partial charge in [-0.25, -0.2) is 0 Å². The van der Waals surface area contributed by atoms with E-state index in [2.05, 4.69) is 22.1 Å². The Labute approximate surface area is 90.9 Å². The van der Waals surface area contributed by atoms with Crippen molar-refractivity contribution in [1.82, 2.24) is 4.98 Å². The van der Waals surface area contributed by atoms with E-state index in [4.69, 9.17) is 4.74 Å². The molecule has 1 heterocycles. The first kappa shape index (κ1) is 11.4. The van der Waals surface area contributed by atoms with Crippen LogP contribution in [0.5, 0.6) is 5.88 Å². The molecule has 0 saturated carbocycles. The number of hydrogen-bond acceptors (Lipinski definition) is 3. The fourth-order valence-electron chi connectivity index (χ4n) is 1.12. The number of nitrogens with zero attached hydrogens (tertiary/aromatic N) is 1. The summed E-state index contributed by atoms with van der Waals surface area (Å²) in [5.74, 6) is 7.33. The molecule has 1 N–H and O–H groups in total. The highest BCUT2D eigenvalue weighted by atomic mass is 16.5. The van der Waals surface area contributed by atoms with Gasteiger partial charge in [0.1, 0.15) is 5.82 Å². The molecule has 0 aliphatic heterocycles. The van der Waals surface area contributed by atoms with E-state index in [0.717, 1.165) is 18.8 Å². The topological polar surface area (TPSA) is 34.1 Å². The molecular weight excluding hydrogens is 188 g/mol. The lowest BCUT2D eigenvalue weighted by Crippen LogP contribution is -2.03. The van der Waals surface area contributed by atoms with Crippen molar-refractivity contribution >= 4 is 5.82 Å². The van der Waals surface area contributed by atoms with E-state index in [9.17, 15) is 0 Å². The average Bonchev–Trinajstić information content (AvgIpc) is 2.26. The smallest absolute Gasteiger partial charge is 0.215 e. The Kier molecular flexibility index (Phi) is 5.10. The number of hydrogen-bond donors (Lipinski definition) is 1. The Morgan fingerprint density at radius 1 is 1.47 bits per heavy atom. The van der Waals surface area contributed by atoms with E-state index in [-0.39, 0.29) is 0 Å². The van der Waals surface area contributed by atoms with Crippen molar-refractivity contribution in [3.8, 4) is 17.7 Å². The Hall–Kier alpha value is -1.69. The number of anilines is 1. The number of ether oxygens (including phenoxy) is 1. The van der Waals surface area contributed by atoms with Crippen LogP contribution in [0, 0.1) is 11.8 Å². The Morgan fingerprint density at radius 3 is 3.07 bits per heavy atom. The van der Waals surface area contributed by atoms with Gasteiger partial charge in [-0.2, -0.15) is 4.98 Å². The molecule has 0 aromatic carbocycles. The molecule has 80 valence electrons. The van der Waals surface area contributed by atoms with Gasteiger partial charge < -0.3 is 10.1 Å². The summed E-state index contributed by atoms with van der Waals surface area (Å²) >= 11 is 0. The third-order valence-corrected chi connectivity index (χ3v) is 1.75. The summed E-state index contributed by atoms with van der Waals surface area (Å²) in [6.45, 7) is 5.23. The first-order valence-electron chi connectivity index (χ1n) is 5.10. The summed E-state index contributed by atoms with van der Waals surface area (Å²) in [6.07, 6.45) is 0.830. The molecule has 0 saturated heterocycles. The van der Waals surface area contributed by atoms with Crippen LogP contribution >= 0.6 is 0 Å². The summed E-state index contributed by atoms with van der Waals surface area (Å²) in [4.78, 5) is 4.28. The van der Waals surface area contributed by atoms with Crippen molar-refractivity contribution < 1.29 is 4.74 Å². The van der Waals surface area contributed by atoms with Crippen LogP contribution in [0.25, 0.3) is 0 Å². The second-order valence-corrected chi connectivity index (χ2v) is 2.90. The molecule has 15 heavy (non-hydrogen) atoms. The summed E-state index contributed by atoms with van der Waals surface area (Å²) in [5, 5.41) is 3.18. The van der Waals surface area contributed by atoms with Gasteiger partial charge in [-0.15, -0.1) is 11.8 Å². The van der Waals surface area contributed by atoms with Gasteiger partial charge in [0, 0.05) is 19.0 Å². The SMILES string of the molecule is CC#CCCNc1cccc(OCC)n1. The van der Waals surface area contributed by atoms with Crippen molar-refractivity contribution in [1.29, 1.82) is 0 Å². The number of pyridine rings is 1. The zero-order valence-corrected chi connectivity index (χ0v) is 9.21. The molecule has 0 atom stereocenters. The lowest BCUT2D eigenvalue weighted by Gasteiger charge is -2.05. The second-order valence-electron chi connectivity index (χ2n) is 2.90. The molecule has 0 unspecified atom stereocenters. The van der Waals surface area contributed by atoms with E-state index in [1.807, 2.05) is 32.0 Å². The van der Waals surface area contributed by atoms with Crippen LogP contribution in [-0.2, 0) is 0 Å². The zero-order chi connectivity index (χ0) is 10.9. The molecule has 0 aliphatic rings. The van der Waals surface area contributed by atoms with Crippen molar-refractivity contribution in [3.05, 3.63) is 18.2 Å². The molecule has 0 aliphatic carbocycles. The first-order chi connectivity index (χ1) is 7.36. The van der Waals surface area contributed by atoms with Crippen molar-refractivity contribution in [2.75, 3.05) is 18.5 Å². The molecule has 1 rings (SSSR count). The van der Waals surface area contributed by atoms with E-state index in [1.165, 1.54) is 0 Å². The van der Waals surface area contributed by atoms with Crippen LogP contribution in [0.4, 0.5) is 5.82 Å². The number of rotatable bonds is 5. The van der Waals surface area contributed by atoms with Gasteiger partial charge in [-0.3, -0.25) is 0 Å². The maximum atomic E-state index is 5.29. The lowest BCUT2D eigenvalue weighted by atomic mass is 10.4. The van der Waals surface area contributed by atoms with Crippen LogP contribution < -0.4 is 10.1 Å². The van der Waals surface area contributed by atoms with Gasteiger partial charge in [0.25, 0.3) is 0 Å². The zero-order valence-electron chi connectivity index (χ0n) is 9.21. The maximum Gasteiger partial charge on any atom is 0.215 e. The van der Waals surface area contributed by atoms with E-state index in [1.54, 1.807) is 0 Å². The first-order valence-corrected chi connectivity index (χ1v) is 5.10. The maximum absolute atomic E-state index is 5.29. The second kappa shape index (κ2) is 6.72. The van der Waals surface area contributed by atoms with Gasteiger partial charge in [-0.05, 0) is 19.9 Å². The van der Waals surface area contributed by atoms with Gasteiger partial charge in [-0.1, -0.05) is 6.07 Å². The van der Waals surface area contributed by atoms with Crippen LogP contribution in [0.1, 0.15) is 20.3 Å². The predicted octanol–water partition coefficient (Wildman–Crippen LogP) is 2.31. The fourth-order valence-corrected chi connectivity index (χ4v) is 1.12. The third kappa shape index (κ3) is 4.37. The normalized spacial score (nSPS) is 8.93. The van der Waals surface area contributed by atoms with Gasteiger partial charge in [0.15, 0.2) is 0 Å². The van der Waals surface area contributed by atoms with Crippen LogP contribution in [-0.4, -0.2) is 18.1 Å². The standard InChI is InChI=1S/C12H16N2O/c1-3-5-6-10-13-11-8-7-9-12(14-11)15-4-2/h7-9H,4,6,10H2,1-2H3,(H,13,14). The third-order valence-electron chi connectivity index (χ3n) is 1.75. The molecule has 3 heteroatoms. The summed E-state index contributed by atoms with van der Waals surface area (Å²) < 4.78 is 5.29. The van der Waals surface area contributed by atoms with Crippen molar-refractivity contribution in [2.24, 2.45) is 0 Å². The molecule has 0 fully saturated rings. The average molecular weight is 204 g/mol. The highest BCUT2D eigenvalue weighted by Crippen LogP contribution is 2.10. The molecule has 0 bridgehead atoms. The fraction of sp³-hybridized carbons (Fsp3) is 0.417. The summed E-state index contributed by atoms with van der Waals surface area (Å²) in [7, 11) is 0. The summed E-state index contributed by atoms with van der Waals surface area (Å²) in [5.41, 5.74) is 0. The van der Waals surface area contributed by atoms with Gasteiger partial charge in [0.05, 0.1) is 6.61 Å². The molecule has 0 radical (unpaired) electrons. The van der Waals surface area contributed by atoms with Gasteiger partial charge >= 0.3 is 0 Å². The Bertz CT molecular complexity index is 352. The Balaban J connectivity index is 2.45. The monoisotopic (exact) mass is 204 g/mol. The molecular formula is C12H16N2O. The quantitative estimate of drug-likeness (QED) is 0.590. The van der Waals surface area contributed by atoms with E-state index in [0.29, 0.717) is 12.5 Å². The molecule has 1 aromatic rings. The Morgan fingerprint density at radius 2 is 2.33 bits per heavy atom.